The van der Waals surface area contributed by atoms with Crippen molar-refractivity contribution in [1.29, 1.82) is 0 Å². The van der Waals surface area contributed by atoms with Crippen LogP contribution in [0.3, 0.4) is 0 Å². The molecule has 7 N–H and O–H groups in total. The fourth-order valence-electron chi connectivity index (χ4n) is 8.25. The molecule has 6 aromatic heterocycles. The van der Waals surface area contributed by atoms with Crippen LogP contribution in [0, 0.1) is 13.8 Å². The Bertz CT molecular complexity index is 3010. The van der Waals surface area contributed by atoms with E-state index in [0.29, 0.717) is 108 Å². The molecule has 0 atom stereocenters. The number of hydrogen-bond acceptors (Lipinski definition) is 14. The van der Waals surface area contributed by atoms with Crippen LogP contribution in [-0.2, 0) is 35.8 Å². The van der Waals surface area contributed by atoms with Crippen LogP contribution in [0.1, 0.15) is 62.9 Å². The Labute approximate surface area is 378 Å². The molecule has 22 heteroatoms. The number of nitrogens with zero attached hydrogens (tertiary/aromatic N) is 12. The quantitative estimate of drug-likeness (QED) is 0.0548. The monoisotopic (exact) mass is 900 g/mol. The number of carbonyl (C=O) groups is 4. The lowest BCUT2D eigenvalue weighted by atomic mass is 10.1. The normalized spacial score (nSPS) is 13.4. The molecule has 0 aliphatic carbocycles. The van der Waals surface area contributed by atoms with E-state index >= 15 is 0 Å². The molecule has 1 saturated heterocycles. The number of primary amides is 2. The van der Waals surface area contributed by atoms with Gasteiger partial charge in [-0.2, -0.15) is 10.2 Å². The first-order chi connectivity index (χ1) is 31.9. The SMILES string of the molecule is CCn1nc(C)cc1C(=O)Nc1nc2cc(C(N)=O)cnc2n1C/C=C/Cn1c2nc(-c3cc(C)nn3CC)ncc2c2cc(C(N)=O)cc(OCCCN3CCN(C(=O)CON)CC3)c21. The van der Waals surface area contributed by atoms with Gasteiger partial charge in [-0.25, -0.2) is 25.8 Å². The second-order valence-corrected chi connectivity index (χ2v) is 15.9. The van der Waals surface area contributed by atoms with Crippen molar-refractivity contribution in [3.63, 3.8) is 0 Å². The van der Waals surface area contributed by atoms with Crippen LogP contribution in [0.2, 0.25) is 0 Å². The highest BCUT2D eigenvalue weighted by molar-refractivity contribution is 6.12. The molecule has 7 aromatic rings. The molecule has 66 heavy (non-hydrogen) atoms. The fraction of sp³-hybridized carbons (Fsp3) is 0.364. The lowest BCUT2D eigenvalue weighted by molar-refractivity contribution is -0.138. The van der Waals surface area contributed by atoms with Crippen LogP contribution >= 0.6 is 0 Å². The number of ether oxygens (including phenoxy) is 1. The Kier molecular flexibility index (Phi) is 13.1. The van der Waals surface area contributed by atoms with Crippen molar-refractivity contribution in [2.24, 2.45) is 17.4 Å². The number of hydrogen-bond donors (Lipinski definition) is 4. The van der Waals surface area contributed by atoms with E-state index < -0.39 is 17.7 Å². The molecular formula is C44H52N16O6. The van der Waals surface area contributed by atoms with Gasteiger partial charge in [0.1, 0.15) is 34.9 Å². The standard InChI is InChI=1S/C44H52N16O6/c1-5-59-33(18-26(3)53-59)40-48-24-31-30-20-28(38(45)62)22-35(65-17-9-10-55-13-15-56(16-14-55)36(61)25-66-47)37(30)57(41(31)51-40)11-7-8-12-58-42-32(21-29(23-49-42)39(46)63)50-44(58)52-43(64)34-19-27(4)54-60(34)6-2/h7-8,18-24H,5-6,9-17,25,47H2,1-4H3,(H2,45,62)(H2,46,63)(H,50,52,64)/b8-7+. The molecule has 7 heterocycles. The van der Waals surface area contributed by atoms with E-state index in [0.717, 1.165) is 17.9 Å². The highest BCUT2D eigenvalue weighted by Gasteiger charge is 2.24. The lowest BCUT2D eigenvalue weighted by Gasteiger charge is -2.34. The van der Waals surface area contributed by atoms with Gasteiger partial charge < -0.3 is 25.7 Å². The minimum absolute atomic E-state index is 0.139. The Hall–Kier alpha value is -7.56. The number of imidazole rings is 1. The summed E-state index contributed by atoms with van der Waals surface area (Å²) in [5.74, 6) is 4.40. The Morgan fingerprint density at radius 3 is 2.21 bits per heavy atom. The summed E-state index contributed by atoms with van der Waals surface area (Å²) in [5.41, 5.74) is 16.6. The number of benzene rings is 1. The summed E-state index contributed by atoms with van der Waals surface area (Å²) in [7, 11) is 0. The van der Waals surface area contributed by atoms with Gasteiger partial charge in [0, 0.05) is 87.6 Å². The maximum Gasteiger partial charge on any atom is 0.276 e. The summed E-state index contributed by atoms with van der Waals surface area (Å²) >= 11 is 0. The number of nitrogens with one attached hydrogen (secondary N) is 1. The molecule has 8 rings (SSSR count). The summed E-state index contributed by atoms with van der Waals surface area (Å²) in [6.45, 7) is 12.7. The average Bonchev–Trinajstić information content (AvgIpc) is 4.07. The predicted molar refractivity (Wildman–Crippen MR) is 244 cm³/mol. The van der Waals surface area contributed by atoms with Gasteiger partial charge >= 0.3 is 0 Å². The van der Waals surface area contributed by atoms with Gasteiger partial charge in [0.15, 0.2) is 11.5 Å². The Balaban J connectivity index is 1.13. The van der Waals surface area contributed by atoms with Gasteiger partial charge in [0.05, 0.1) is 29.1 Å². The van der Waals surface area contributed by atoms with Crippen LogP contribution in [-0.4, -0.2) is 128 Å². The van der Waals surface area contributed by atoms with E-state index in [9.17, 15) is 19.2 Å². The first-order valence-electron chi connectivity index (χ1n) is 21.7. The van der Waals surface area contributed by atoms with E-state index in [-0.39, 0.29) is 42.7 Å². The number of aromatic nitrogens is 10. The average molecular weight is 901 g/mol. The van der Waals surface area contributed by atoms with Crippen LogP contribution in [0.15, 0.2) is 54.9 Å². The minimum atomic E-state index is -0.659. The summed E-state index contributed by atoms with van der Waals surface area (Å²) < 4.78 is 13.7. The van der Waals surface area contributed by atoms with Gasteiger partial charge in [0.2, 0.25) is 17.8 Å². The summed E-state index contributed by atoms with van der Waals surface area (Å²) in [6, 6.07) is 8.56. The van der Waals surface area contributed by atoms with Gasteiger partial charge in [-0.3, -0.25) is 48.2 Å². The molecule has 4 amide bonds. The number of fused-ring (bicyclic) bond motifs is 4. The third kappa shape index (κ3) is 9.18. The van der Waals surface area contributed by atoms with Crippen molar-refractivity contribution in [2.75, 3.05) is 51.3 Å². The zero-order valence-electron chi connectivity index (χ0n) is 37.2. The Morgan fingerprint density at radius 1 is 0.788 bits per heavy atom. The highest BCUT2D eigenvalue weighted by Crippen LogP contribution is 2.36. The second kappa shape index (κ2) is 19.3. The number of piperazine rings is 1. The first-order valence-corrected chi connectivity index (χ1v) is 21.7. The van der Waals surface area contributed by atoms with Crippen molar-refractivity contribution in [2.45, 2.75) is 60.3 Å². The largest absolute Gasteiger partial charge is 0.491 e. The smallest absolute Gasteiger partial charge is 0.276 e. The molecule has 0 unspecified atom stereocenters. The third-order valence-electron chi connectivity index (χ3n) is 11.5. The Morgan fingerprint density at radius 2 is 1.50 bits per heavy atom. The number of rotatable bonds is 18. The summed E-state index contributed by atoms with van der Waals surface area (Å²) in [6.07, 6.45) is 7.64. The first kappa shape index (κ1) is 45.0. The van der Waals surface area contributed by atoms with E-state index in [2.05, 4.69) is 35.2 Å². The van der Waals surface area contributed by atoms with Crippen LogP contribution in [0.25, 0.3) is 44.6 Å². The number of aryl methyl sites for hydroxylation is 4. The molecule has 0 radical (unpaired) electrons. The highest BCUT2D eigenvalue weighted by atomic mass is 16.6. The number of anilines is 1. The third-order valence-corrected chi connectivity index (χ3v) is 11.5. The maximum absolute atomic E-state index is 13.6. The number of amides is 4. The van der Waals surface area contributed by atoms with Gasteiger partial charge in [-0.15, -0.1) is 0 Å². The molecule has 1 fully saturated rings. The van der Waals surface area contributed by atoms with Gasteiger partial charge in [0.25, 0.3) is 11.8 Å². The lowest BCUT2D eigenvalue weighted by Crippen LogP contribution is -2.50. The van der Waals surface area contributed by atoms with Gasteiger partial charge in [-0.05, 0) is 64.4 Å². The molecular weight excluding hydrogens is 849 g/mol. The summed E-state index contributed by atoms with van der Waals surface area (Å²) in [5, 5.41) is 13.3. The number of allylic oxidation sites excluding steroid dienone is 2. The van der Waals surface area contributed by atoms with Crippen LogP contribution < -0.4 is 27.4 Å². The van der Waals surface area contributed by atoms with Crippen molar-refractivity contribution in [1.82, 2.24) is 58.4 Å². The number of pyridine rings is 1. The molecule has 0 saturated carbocycles. The zero-order valence-corrected chi connectivity index (χ0v) is 37.2. The topological polar surface area (TPSA) is 280 Å². The van der Waals surface area contributed by atoms with Crippen molar-refractivity contribution in [3.05, 3.63) is 83.1 Å². The van der Waals surface area contributed by atoms with Crippen molar-refractivity contribution >= 4 is 62.7 Å². The fourth-order valence-corrected chi connectivity index (χ4v) is 8.25. The van der Waals surface area contributed by atoms with Crippen LogP contribution in [0.5, 0.6) is 5.75 Å². The van der Waals surface area contributed by atoms with E-state index in [1.54, 1.807) is 38.5 Å². The molecule has 1 aromatic carbocycles. The molecule has 1 aliphatic rings. The molecule has 22 nitrogen and oxygen atoms in total. The maximum atomic E-state index is 13.6. The summed E-state index contributed by atoms with van der Waals surface area (Å²) in [4.78, 5) is 78.3. The molecule has 344 valence electrons. The predicted octanol–water partition coefficient (Wildman–Crippen LogP) is 2.56. The van der Waals surface area contributed by atoms with Crippen LogP contribution in [0.4, 0.5) is 5.95 Å². The molecule has 0 bridgehead atoms. The minimum Gasteiger partial charge on any atom is -0.491 e. The number of carbonyl (C=O) groups excluding carboxylic acids is 4. The molecule has 1 aliphatic heterocycles. The zero-order chi connectivity index (χ0) is 46.6. The number of nitrogens with two attached hydrogens (primary N) is 3. The van der Waals surface area contributed by atoms with E-state index in [4.69, 9.17) is 32.1 Å². The van der Waals surface area contributed by atoms with Gasteiger partial charge in [-0.1, -0.05) is 12.2 Å². The molecule has 0 spiro atoms. The van der Waals surface area contributed by atoms with E-state index in [1.807, 2.05) is 55.2 Å². The van der Waals surface area contributed by atoms with E-state index in [1.165, 1.54) is 12.3 Å². The second-order valence-electron chi connectivity index (χ2n) is 15.9. The van der Waals surface area contributed by atoms with Crippen molar-refractivity contribution < 1.29 is 28.8 Å². The van der Waals surface area contributed by atoms with Crippen molar-refractivity contribution in [3.8, 4) is 17.3 Å².